The highest BCUT2D eigenvalue weighted by Gasteiger charge is 2.31. The van der Waals surface area contributed by atoms with E-state index in [1.807, 2.05) is 44.2 Å². The Balaban J connectivity index is 2.08. The molecule has 0 aliphatic heterocycles. The van der Waals surface area contributed by atoms with Crippen molar-refractivity contribution in [3.8, 4) is 11.4 Å². The summed E-state index contributed by atoms with van der Waals surface area (Å²) >= 11 is 0. The summed E-state index contributed by atoms with van der Waals surface area (Å²) < 4.78 is 42.4. The van der Waals surface area contributed by atoms with E-state index in [1.54, 1.807) is 4.52 Å². The largest absolute Gasteiger partial charge is 0.417 e. The van der Waals surface area contributed by atoms with Gasteiger partial charge in [-0.15, -0.1) is 5.10 Å². The van der Waals surface area contributed by atoms with Gasteiger partial charge in [-0.05, 0) is 18.1 Å². The minimum absolute atomic E-state index is 0.0434. The van der Waals surface area contributed by atoms with Gasteiger partial charge in [0.15, 0.2) is 17.1 Å². The molecule has 0 amide bonds. The first-order chi connectivity index (χ1) is 11.9. The fourth-order valence-electron chi connectivity index (χ4n) is 2.92. The van der Waals surface area contributed by atoms with E-state index in [9.17, 15) is 13.2 Å². The van der Waals surface area contributed by atoms with Gasteiger partial charge in [-0.2, -0.15) is 17.7 Å². The molecule has 0 unspecified atom stereocenters. The van der Waals surface area contributed by atoms with Crippen LogP contribution in [0.2, 0.25) is 0 Å². The van der Waals surface area contributed by atoms with E-state index in [-0.39, 0.29) is 5.92 Å². The van der Waals surface area contributed by atoms with Crippen molar-refractivity contribution in [2.75, 3.05) is 0 Å². The minimum Gasteiger partial charge on any atom is -0.282 e. The molecule has 0 radical (unpaired) electrons. The van der Waals surface area contributed by atoms with Crippen molar-refractivity contribution in [3.63, 3.8) is 0 Å². The zero-order valence-corrected chi connectivity index (χ0v) is 13.6. The van der Waals surface area contributed by atoms with E-state index in [1.165, 1.54) is 10.5 Å². The van der Waals surface area contributed by atoms with Crippen LogP contribution in [0.1, 0.15) is 31.0 Å². The lowest BCUT2D eigenvalue weighted by molar-refractivity contribution is -0.137. The molecular weight excluding hydrogens is 329 g/mol. The second-order valence-corrected chi connectivity index (χ2v) is 6.22. The summed E-state index contributed by atoms with van der Waals surface area (Å²) in [5.74, 6) is 0.665. The number of alkyl halides is 3. The Morgan fingerprint density at radius 1 is 1.00 bits per heavy atom. The zero-order chi connectivity index (χ0) is 17.8. The fourth-order valence-corrected chi connectivity index (χ4v) is 2.92. The van der Waals surface area contributed by atoms with Gasteiger partial charge in [0, 0.05) is 11.8 Å². The van der Waals surface area contributed by atoms with Gasteiger partial charge in [-0.25, -0.2) is 4.98 Å². The smallest absolute Gasteiger partial charge is 0.282 e. The van der Waals surface area contributed by atoms with Crippen LogP contribution in [0.5, 0.6) is 0 Å². The summed E-state index contributed by atoms with van der Waals surface area (Å²) in [5, 5.41) is 4.47. The predicted molar refractivity (Wildman–Crippen MR) is 88.5 cm³/mol. The summed E-state index contributed by atoms with van der Waals surface area (Å²) in [4.78, 5) is 4.66. The quantitative estimate of drug-likeness (QED) is 0.524. The third kappa shape index (κ3) is 2.47. The van der Waals surface area contributed by atoms with Crippen molar-refractivity contribution in [2.45, 2.75) is 25.9 Å². The Morgan fingerprint density at radius 3 is 2.36 bits per heavy atom. The van der Waals surface area contributed by atoms with Crippen LogP contribution in [0.15, 0.2) is 48.7 Å². The number of nitrogens with zero attached hydrogens (tertiary/aromatic N) is 4. The molecule has 0 aliphatic rings. The van der Waals surface area contributed by atoms with Crippen molar-refractivity contribution in [2.24, 2.45) is 0 Å². The highest BCUT2D eigenvalue weighted by atomic mass is 19.4. The Morgan fingerprint density at radius 2 is 1.72 bits per heavy atom. The van der Waals surface area contributed by atoms with Crippen LogP contribution in [0, 0.1) is 0 Å². The molecule has 0 saturated carbocycles. The van der Waals surface area contributed by atoms with Gasteiger partial charge in [-0.3, -0.25) is 4.40 Å². The second kappa shape index (κ2) is 5.34. The lowest BCUT2D eigenvalue weighted by Crippen LogP contribution is -2.06. The van der Waals surface area contributed by atoms with Crippen LogP contribution in [0.3, 0.4) is 0 Å². The van der Waals surface area contributed by atoms with E-state index < -0.39 is 11.7 Å². The number of hydrogen-bond acceptors (Lipinski definition) is 2. The van der Waals surface area contributed by atoms with Crippen LogP contribution in [-0.4, -0.2) is 19.0 Å². The minimum atomic E-state index is -4.41. The standard InChI is InChI=1S/C18H15F3N4/c1-11(2)15-17-24-10-13(18(19,20)21)8-9-14(24)23-25(17)16(22-15)12-6-4-3-5-7-12/h3-11H,1-2H3. The number of hydrogen-bond donors (Lipinski definition) is 0. The molecule has 25 heavy (non-hydrogen) atoms. The van der Waals surface area contributed by atoms with Gasteiger partial charge in [0.05, 0.1) is 11.3 Å². The summed E-state index contributed by atoms with van der Waals surface area (Å²) in [5.41, 5.74) is 1.88. The van der Waals surface area contributed by atoms with Crippen LogP contribution >= 0.6 is 0 Å². The van der Waals surface area contributed by atoms with E-state index in [4.69, 9.17) is 0 Å². The third-order valence-electron chi connectivity index (χ3n) is 4.12. The Hall–Kier alpha value is -2.83. The molecule has 3 heterocycles. The van der Waals surface area contributed by atoms with Gasteiger partial charge in [-0.1, -0.05) is 44.2 Å². The van der Waals surface area contributed by atoms with Crippen molar-refractivity contribution in [1.29, 1.82) is 0 Å². The maximum Gasteiger partial charge on any atom is 0.417 e. The molecule has 3 aromatic heterocycles. The number of rotatable bonds is 2. The lowest BCUT2D eigenvalue weighted by atomic mass is 10.1. The second-order valence-electron chi connectivity index (χ2n) is 6.22. The molecule has 0 spiro atoms. The topological polar surface area (TPSA) is 34.6 Å². The molecule has 0 fully saturated rings. The summed E-state index contributed by atoms with van der Waals surface area (Å²) in [7, 11) is 0. The molecule has 0 bridgehead atoms. The normalized spacial score (nSPS) is 12.6. The molecular formula is C18H15F3N4. The number of imidazole rings is 1. The van der Waals surface area contributed by atoms with Crippen molar-refractivity contribution >= 4 is 11.3 Å². The van der Waals surface area contributed by atoms with Crippen molar-refractivity contribution in [1.82, 2.24) is 19.0 Å². The molecule has 128 valence electrons. The van der Waals surface area contributed by atoms with Crippen LogP contribution in [0.4, 0.5) is 13.2 Å². The van der Waals surface area contributed by atoms with Gasteiger partial charge < -0.3 is 0 Å². The van der Waals surface area contributed by atoms with E-state index in [0.717, 1.165) is 17.8 Å². The number of benzene rings is 1. The molecule has 0 aliphatic carbocycles. The fraction of sp³-hybridized carbons (Fsp3) is 0.222. The molecule has 4 aromatic rings. The SMILES string of the molecule is CC(C)c1nc(-c2ccccc2)n2nc3ccc(C(F)(F)F)cn3c12. The zero-order valence-electron chi connectivity index (χ0n) is 13.6. The van der Waals surface area contributed by atoms with Gasteiger partial charge in [0.2, 0.25) is 0 Å². The third-order valence-corrected chi connectivity index (χ3v) is 4.12. The van der Waals surface area contributed by atoms with Gasteiger partial charge in [0.25, 0.3) is 0 Å². The van der Waals surface area contributed by atoms with E-state index in [2.05, 4.69) is 10.1 Å². The monoisotopic (exact) mass is 344 g/mol. The molecule has 4 nitrogen and oxygen atoms in total. The Bertz CT molecular complexity index is 1060. The van der Waals surface area contributed by atoms with Gasteiger partial charge in [0.1, 0.15) is 0 Å². The lowest BCUT2D eigenvalue weighted by Gasteiger charge is -2.07. The first-order valence-corrected chi connectivity index (χ1v) is 7.89. The molecule has 0 atom stereocenters. The Kier molecular flexibility index (Phi) is 3.35. The number of pyridine rings is 1. The van der Waals surface area contributed by atoms with Crippen molar-refractivity contribution < 1.29 is 13.2 Å². The van der Waals surface area contributed by atoms with Crippen LogP contribution < -0.4 is 0 Å². The number of fused-ring (bicyclic) bond motifs is 3. The summed E-state index contributed by atoms with van der Waals surface area (Å²) in [6.07, 6.45) is -3.32. The van der Waals surface area contributed by atoms with Crippen LogP contribution in [0.25, 0.3) is 22.7 Å². The summed E-state index contributed by atoms with van der Waals surface area (Å²) in [6.45, 7) is 3.92. The maximum atomic E-state index is 13.1. The average molecular weight is 344 g/mol. The van der Waals surface area contributed by atoms with Gasteiger partial charge >= 0.3 is 6.18 Å². The van der Waals surface area contributed by atoms with E-state index in [0.29, 0.717) is 22.8 Å². The number of aromatic nitrogens is 4. The molecule has 0 N–H and O–H groups in total. The molecule has 4 rings (SSSR count). The highest BCUT2D eigenvalue weighted by Crippen LogP contribution is 2.32. The van der Waals surface area contributed by atoms with E-state index >= 15 is 0 Å². The summed E-state index contributed by atoms with van der Waals surface area (Å²) in [6, 6.07) is 11.9. The molecule has 7 heteroatoms. The first kappa shape index (κ1) is 15.7. The average Bonchev–Trinajstić information content (AvgIpc) is 3.11. The van der Waals surface area contributed by atoms with Crippen molar-refractivity contribution in [3.05, 3.63) is 59.9 Å². The molecule has 0 saturated heterocycles. The Labute approximate surface area is 141 Å². The van der Waals surface area contributed by atoms with Crippen LogP contribution in [-0.2, 0) is 6.18 Å². The molecule has 1 aromatic carbocycles. The maximum absolute atomic E-state index is 13.1. The highest BCUT2D eigenvalue weighted by molar-refractivity contribution is 5.66. The predicted octanol–water partition coefficient (Wildman–Crippen LogP) is 4.79. The number of halogens is 3. The first-order valence-electron chi connectivity index (χ1n) is 7.89.